The maximum absolute atomic E-state index is 13.5. The van der Waals surface area contributed by atoms with Gasteiger partial charge in [0.2, 0.25) is 5.91 Å². The van der Waals surface area contributed by atoms with Gasteiger partial charge in [0.1, 0.15) is 0 Å². The van der Waals surface area contributed by atoms with Gasteiger partial charge < -0.3 is 5.32 Å². The van der Waals surface area contributed by atoms with E-state index < -0.39 is 0 Å². The number of benzene rings is 2. The molecule has 1 aliphatic rings. The number of carbonyl (C=O) groups excluding carboxylic acids is 1. The zero-order valence-corrected chi connectivity index (χ0v) is 18.2. The second-order valence-corrected chi connectivity index (χ2v) is 9.09. The molecule has 5 nitrogen and oxygen atoms in total. The molecule has 1 heterocycles. The number of hydrogen-bond donors (Lipinski definition) is 1. The van der Waals surface area contributed by atoms with Gasteiger partial charge in [-0.25, -0.2) is 4.98 Å². The molecule has 0 unspecified atom stereocenters. The second-order valence-electron chi connectivity index (χ2n) is 7.78. The van der Waals surface area contributed by atoms with E-state index in [-0.39, 0.29) is 22.8 Å². The Labute approximate surface area is 180 Å². The van der Waals surface area contributed by atoms with Gasteiger partial charge in [0.25, 0.3) is 5.56 Å². The smallest absolute Gasteiger partial charge is 0.266 e. The topological polar surface area (TPSA) is 64.0 Å². The molecule has 3 aromatic rings. The maximum Gasteiger partial charge on any atom is 0.266 e. The third-order valence-corrected chi connectivity index (χ3v) is 6.76. The zero-order valence-electron chi connectivity index (χ0n) is 17.4. The normalized spacial score (nSPS) is 15.4. The Kier molecular flexibility index (Phi) is 6.23. The number of nitrogens with zero attached hydrogens (tertiary/aromatic N) is 2. The van der Waals surface area contributed by atoms with Gasteiger partial charge in [-0.1, -0.05) is 61.9 Å². The average Bonchev–Trinajstić information content (AvgIpc) is 3.27. The number of nitrogens with one attached hydrogen (secondary N) is 1. The second kappa shape index (κ2) is 9.04. The van der Waals surface area contributed by atoms with E-state index in [1.165, 1.54) is 24.6 Å². The van der Waals surface area contributed by atoms with Crippen LogP contribution >= 0.6 is 11.8 Å². The lowest BCUT2D eigenvalue weighted by Crippen LogP contribution is -2.38. The van der Waals surface area contributed by atoms with Crippen LogP contribution < -0.4 is 10.9 Å². The first-order chi connectivity index (χ1) is 14.6. The van der Waals surface area contributed by atoms with Crippen molar-refractivity contribution in [3.05, 3.63) is 64.4 Å². The van der Waals surface area contributed by atoms with E-state index in [9.17, 15) is 9.59 Å². The van der Waals surface area contributed by atoms with E-state index in [1.54, 1.807) is 10.6 Å². The van der Waals surface area contributed by atoms with Crippen molar-refractivity contribution >= 4 is 28.6 Å². The Morgan fingerprint density at radius 1 is 1.17 bits per heavy atom. The van der Waals surface area contributed by atoms with Gasteiger partial charge in [-0.3, -0.25) is 14.2 Å². The number of rotatable bonds is 6. The van der Waals surface area contributed by atoms with Gasteiger partial charge in [-0.2, -0.15) is 0 Å². The summed E-state index contributed by atoms with van der Waals surface area (Å²) in [5.74, 6) is 0.00429. The van der Waals surface area contributed by atoms with Crippen molar-refractivity contribution in [1.29, 1.82) is 0 Å². The van der Waals surface area contributed by atoms with Crippen LogP contribution in [0.25, 0.3) is 16.6 Å². The number of aryl methyl sites for hydroxylation is 1. The van der Waals surface area contributed by atoms with Crippen LogP contribution in [0.15, 0.2) is 58.5 Å². The van der Waals surface area contributed by atoms with Crippen molar-refractivity contribution in [2.24, 2.45) is 0 Å². The molecular weight excluding hydrogens is 394 g/mol. The molecule has 0 radical (unpaired) electrons. The summed E-state index contributed by atoms with van der Waals surface area (Å²) in [5.41, 5.74) is 2.45. The highest BCUT2D eigenvalue weighted by Gasteiger charge is 2.24. The lowest BCUT2D eigenvalue weighted by Gasteiger charge is -2.19. The molecule has 0 bridgehead atoms. The molecule has 1 aromatic heterocycles. The Morgan fingerprint density at radius 2 is 1.87 bits per heavy atom. The summed E-state index contributed by atoms with van der Waals surface area (Å²) in [7, 11) is 0. The number of amides is 1. The van der Waals surface area contributed by atoms with Crippen LogP contribution in [0.1, 0.15) is 45.1 Å². The third kappa shape index (κ3) is 4.15. The van der Waals surface area contributed by atoms with Crippen LogP contribution in [0.2, 0.25) is 0 Å². The molecule has 1 atom stereocenters. The summed E-state index contributed by atoms with van der Waals surface area (Å²) in [6, 6.07) is 15.5. The lowest BCUT2D eigenvalue weighted by molar-refractivity contribution is -0.120. The van der Waals surface area contributed by atoms with Gasteiger partial charge >= 0.3 is 0 Å². The fraction of sp³-hybridized carbons (Fsp3) is 0.375. The standard InChI is InChI=1S/C24H27N3O2S/c1-3-17-10-4-9-15-21(17)27-23(29)19-13-7-8-14-20(19)26-24(27)30-16(2)22(28)25-18-11-5-6-12-18/h4,7-10,13-16,18H,3,5-6,11-12H2,1-2H3,(H,25,28)/t16-/m1/s1. The van der Waals surface area contributed by atoms with Crippen LogP contribution in [0.4, 0.5) is 0 Å². The van der Waals surface area contributed by atoms with E-state index >= 15 is 0 Å². The summed E-state index contributed by atoms with van der Waals surface area (Å²) >= 11 is 1.34. The number of aromatic nitrogens is 2. The van der Waals surface area contributed by atoms with Crippen molar-refractivity contribution < 1.29 is 4.79 Å². The summed E-state index contributed by atoms with van der Waals surface area (Å²) in [6.45, 7) is 3.95. The molecular formula is C24H27N3O2S. The Balaban J connectivity index is 1.76. The SMILES string of the molecule is CCc1ccccc1-n1c(S[C@H](C)C(=O)NC2CCCC2)nc2ccccc2c1=O. The molecule has 0 saturated heterocycles. The molecule has 1 amide bonds. The summed E-state index contributed by atoms with van der Waals surface area (Å²) in [5, 5.41) is 3.94. The van der Waals surface area contributed by atoms with Gasteiger partial charge in [0.05, 0.1) is 21.8 Å². The van der Waals surface area contributed by atoms with Crippen LogP contribution in [0, 0.1) is 0 Å². The van der Waals surface area contributed by atoms with E-state index in [0.29, 0.717) is 16.1 Å². The van der Waals surface area contributed by atoms with Crippen molar-refractivity contribution in [2.75, 3.05) is 0 Å². The first kappa shape index (κ1) is 20.7. The van der Waals surface area contributed by atoms with Crippen molar-refractivity contribution in [2.45, 2.75) is 62.4 Å². The minimum atomic E-state index is -0.348. The highest BCUT2D eigenvalue weighted by molar-refractivity contribution is 8.00. The lowest BCUT2D eigenvalue weighted by atomic mass is 10.1. The Bertz CT molecular complexity index is 1120. The molecule has 156 valence electrons. The van der Waals surface area contributed by atoms with Crippen molar-refractivity contribution in [3.63, 3.8) is 0 Å². The van der Waals surface area contributed by atoms with Gasteiger partial charge in [0, 0.05) is 6.04 Å². The predicted molar refractivity (Wildman–Crippen MR) is 122 cm³/mol. The highest BCUT2D eigenvalue weighted by Crippen LogP contribution is 2.27. The van der Waals surface area contributed by atoms with Crippen LogP contribution in [0.5, 0.6) is 0 Å². The third-order valence-electron chi connectivity index (χ3n) is 5.71. The molecule has 6 heteroatoms. The maximum atomic E-state index is 13.5. The quantitative estimate of drug-likeness (QED) is 0.471. The fourth-order valence-electron chi connectivity index (χ4n) is 4.03. The molecule has 1 fully saturated rings. The molecule has 1 aliphatic carbocycles. The molecule has 2 aromatic carbocycles. The van der Waals surface area contributed by atoms with E-state index in [2.05, 4.69) is 12.2 Å². The van der Waals surface area contributed by atoms with Gasteiger partial charge in [0.15, 0.2) is 5.16 Å². The number of carbonyl (C=O) groups is 1. The molecule has 1 N–H and O–H groups in total. The molecule has 30 heavy (non-hydrogen) atoms. The largest absolute Gasteiger partial charge is 0.352 e. The summed E-state index contributed by atoms with van der Waals surface area (Å²) in [6.07, 6.45) is 5.24. The van der Waals surface area contributed by atoms with Gasteiger partial charge in [-0.05, 0) is 49.9 Å². The van der Waals surface area contributed by atoms with E-state index in [1.807, 2.05) is 49.4 Å². The van der Waals surface area contributed by atoms with Crippen LogP contribution in [0.3, 0.4) is 0 Å². The minimum absolute atomic E-state index is 0.00429. The van der Waals surface area contributed by atoms with Gasteiger partial charge in [-0.15, -0.1) is 0 Å². The first-order valence-corrected chi connectivity index (χ1v) is 11.5. The number of para-hydroxylation sites is 2. The summed E-state index contributed by atoms with van der Waals surface area (Å²) < 4.78 is 1.67. The monoisotopic (exact) mass is 421 g/mol. The van der Waals surface area contributed by atoms with Crippen molar-refractivity contribution in [3.8, 4) is 5.69 Å². The zero-order chi connectivity index (χ0) is 21.1. The van der Waals surface area contributed by atoms with Crippen LogP contribution in [-0.4, -0.2) is 26.8 Å². The first-order valence-electron chi connectivity index (χ1n) is 10.7. The van der Waals surface area contributed by atoms with E-state index in [0.717, 1.165) is 30.5 Å². The molecule has 4 rings (SSSR count). The Hall–Kier alpha value is -2.60. The molecule has 0 spiro atoms. The number of thioether (sulfide) groups is 1. The molecule has 1 saturated carbocycles. The Morgan fingerprint density at radius 3 is 2.63 bits per heavy atom. The summed E-state index contributed by atoms with van der Waals surface area (Å²) in [4.78, 5) is 31.0. The van der Waals surface area contributed by atoms with E-state index in [4.69, 9.17) is 4.98 Å². The highest BCUT2D eigenvalue weighted by atomic mass is 32.2. The predicted octanol–water partition coefficient (Wildman–Crippen LogP) is 4.49. The number of hydrogen-bond acceptors (Lipinski definition) is 4. The van der Waals surface area contributed by atoms with Crippen LogP contribution in [-0.2, 0) is 11.2 Å². The number of fused-ring (bicyclic) bond motifs is 1. The average molecular weight is 422 g/mol. The molecule has 0 aliphatic heterocycles. The fourth-order valence-corrected chi connectivity index (χ4v) is 4.96. The minimum Gasteiger partial charge on any atom is -0.352 e. The van der Waals surface area contributed by atoms with Crippen molar-refractivity contribution in [1.82, 2.24) is 14.9 Å².